The normalized spacial score (nSPS) is 16.7. The molecule has 120 valence electrons. The van der Waals surface area contributed by atoms with Crippen LogP contribution >= 0.6 is 15.9 Å². The van der Waals surface area contributed by atoms with Gasteiger partial charge in [-0.3, -0.25) is 0 Å². The molecule has 6 heteroatoms. The van der Waals surface area contributed by atoms with Crippen LogP contribution in [0.15, 0.2) is 63.0 Å². The van der Waals surface area contributed by atoms with Gasteiger partial charge in [-0.15, -0.1) is 0 Å². The molecular formula is C17H17BrN2O2S. The molecule has 0 aromatic heterocycles. The lowest BCUT2D eigenvalue weighted by Gasteiger charge is -2.09. The topological polar surface area (TPSA) is 58.5 Å². The van der Waals surface area contributed by atoms with Crippen molar-refractivity contribution < 1.29 is 8.42 Å². The van der Waals surface area contributed by atoms with E-state index in [1.807, 2.05) is 18.2 Å². The second-order valence-corrected chi connectivity index (χ2v) is 8.05. The molecule has 23 heavy (non-hydrogen) atoms. The van der Waals surface area contributed by atoms with Crippen molar-refractivity contribution in [2.75, 3.05) is 0 Å². The molecule has 0 bridgehead atoms. The summed E-state index contributed by atoms with van der Waals surface area (Å²) in [7, 11) is -3.65. The van der Waals surface area contributed by atoms with Crippen LogP contribution in [0.5, 0.6) is 0 Å². The van der Waals surface area contributed by atoms with Crippen LogP contribution < -0.4 is 4.83 Å². The number of hydrazone groups is 1. The first-order valence-electron chi connectivity index (χ1n) is 7.48. The number of nitrogens with zero attached hydrogens (tertiary/aromatic N) is 1. The summed E-state index contributed by atoms with van der Waals surface area (Å²) < 4.78 is 25.5. The highest BCUT2D eigenvalue weighted by molar-refractivity contribution is 9.10. The van der Waals surface area contributed by atoms with E-state index in [0.29, 0.717) is 0 Å². The molecule has 0 spiro atoms. The van der Waals surface area contributed by atoms with Crippen molar-refractivity contribution in [2.24, 2.45) is 5.10 Å². The number of hydrogen-bond donors (Lipinski definition) is 1. The lowest BCUT2D eigenvalue weighted by atomic mass is 10.0. The summed E-state index contributed by atoms with van der Waals surface area (Å²) in [5.74, 6) is 0. The van der Waals surface area contributed by atoms with E-state index < -0.39 is 10.0 Å². The number of hydrogen-bond acceptors (Lipinski definition) is 3. The summed E-state index contributed by atoms with van der Waals surface area (Å²) in [5.41, 5.74) is 3.08. The lowest BCUT2D eigenvalue weighted by Crippen LogP contribution is -2.20. The van der Waals surface area contributed by atoms with Gasteiger partial charge >= 0.3 is 0 Å². The molecule has 0 saturated carbocycles. The number of halogens is 1. The molecule has 0 fully saturated rings. The Labute approximate surface area is 144 Å². The van der Waals surface area contributed by atoms with Gasteiger partial charge in [0.05, 0.1) is 10.6 Å². The summed E-state index contributed by atoms with van der Waals surface area (Å²) >= 11 is 3.30. The van der Waals surface area contributed by atoms with Gasteiger partial charge < -0.3 is 0 Å². The van der Waals surface area contributed by atoms with E-state index in [0.717, 1.165) is 41.4 Å². The molecule has 1 aliphatic carbocycles. The Bertz CT molecular complexity index is 830. The van der Waals surface area contributed by atoms with E-state index in [9.17, 15) is 8.42 Å². The molecule has 0 aliphatic heterocycles. The Morgan fingerprint density at radius 1 is 0.957 bits per heavy atom. The SMILES string of the molecule is O=S(=O)(NN=C1CCCCc2ccccc21)c1ccc(Br)cc1. The number of benzene rings is 2. The van der Waals surface area contributed by atoms with Gasteiger partial charge in [-0.25, -0.2) is 0 Å². The monoisotopic (exact) mass is 392 g/mol. The smallest absolute Gasteiger partial charge is 0.200 e. The second-order valence-electron chi connectivity index (χ2n) is 5.47. The van der Waals surface area contributed by atoms with Crippen LogP contribution in [-0.4, -0.2) is 14.1 Å². The zero-order valence-electron chi connectivity index (χ0n) is 12.5. The fraction of sp³-hybridized carbons (Fsp3) is 0.235. The van der Waals surface area contributed by atoms with E-state index in [1.165, 1.54) is 5.56 Å². The highest BCUT2D eigenvalue weighted by Gasteiger charge is 2.16. The average molecular weight is 393 g/mol. The summed E-state index contributed by atoms with van der Waals surface area (Å²) in [6.07, 6.45) is 3.89. The predicted octanol–water partition coefficient (Wildman–Crippen LogP) is 3.86. The first-order valence-corrected chi connectivity index (χ1v) is 9.76. The minimum atomic E-state index is -3.65. The van der Waals surface area contributed by atoms with Crippen molar-refractivity contribution in [1.82, 2.24) is 4.83 Å². The third-order valence-electron chi connectivity index (χ3n) is 3.86. The summed E-state index contributed by atoms with van der Waals surface area (Å²) in [4.78, 5) is 2.58. The number of aryl methyl sites for hydroxylation is 1. The van der Waals surface area contributed by atoms with Gasteiger partial charge in [0, 0.05) is 10.0 Å². The fourth-order valence-corrected chi connectivity index (χ4v) is 3.75. The van der Waals surface area contributed by atoms with Crippen molar-refractivity contribution in [3.05, 3.63) is 64.1 Å². The number of nitrogens with one attached hydrogen (secondary N) is 1. The number of rotatable bonds is 3. The van der Waals surface area contributed by atoms with Gasteiger partial charge in [-0.2, -0.15) is 18.4 Å². The lowest BCUT2D eigenvalue weighted by molar-refractivity contribution is 0.584. The zero-order valence-corrected chi connectivity index (χ0v) is 14.9. The Balaban J connectivity index is 1.88. The molecule has 1 aliphatic rings. The maximum Gasteiger partial charge on any atom is 0.276 e. The van der Waals surface area contributed by atoms with Crippen LogP contribution in [0.25, 0.3) is 0 Å². The van der Waals surface area contributed by atoms with Crippen LogP contribution in [0, 0.1) is 0 Å². The van der Waals surface area contributed by atoms with Gasteiger partial charge in [0.25, 0.3) is 10.0 Å². The van der Waals surface area contributed by atoms with Gasteiger partial charge in [0.1, 0.15) is 0 Å². The van der Waals surface area contributed by atoms with E-state index in [-0.39, 0.29) is 4.90 Å². The minimum Gasteiger partial charge on any atom is -0.200 e. The van der Waals surface area contributed by atoms with E-state index in [4.69, 9.17) is 0 Å². The maximum atomic E-state index is 12.4. The first kappa shape index (κ1) is 16.2. The van der Waals surface area contributed by atoms with Crippen molar-refractivity contribution in [2.45, 2.75) is 30.6 Å². The first-order chi connectivity index (χ1) is 11.1. The molecule has 0 saturated heterocycles. The Hall–Kier alpha value is -1.66. The molecule has 3 rings (SSSR count). The Morgan fingerprint density at radius 2 is 1.65 bits per heavy atom. The maximum absolute atomic E-state index is 12.4. The molecular weight excluding hydrogens is 376 g/mol. The molecule has 0 atom stereocenters. The Morgan fingerprint density at radius 3 is 2.43 bits per heavy atom. The van der Waals surface area contributed by atoms with Crippen LogP contribution in [0.3, 0.4) is 0 Å². The average Bonchev–Trinajstić information content (AvgIpc) is 2.76. The zero-order chi connectivity index (χ0) is 16.3. The summed E-state index contributed by atoms with van der Waals surface area (Å²) in [5, 5.41) is 4.22. The van der Waals surface area contributed by atoms with Crippen LogP contribution in [0.2, 0.25) is 0 Å². The van der Waals surface area contributed by atoms with Crippen LogP contribution in [0.4, 0.5) is 0 Å². The molecule has 0 amide bonds. The third-order valence-corrected chi connectivity index (χ3v) is 5.62. The van der Waals surface area contributed by atoms with Gasteiger partial charge in [-0.1, -0.05) is 40.2 Å². The van der Waals surface area contributed by atoms with E-state index in [1.54, 1.807) is 24.3 Å². The second kappa shape index (κ2) is 6.84. The predicted molar refractivity (Wildman–Crippen MR) is 95.0 cm³/mol. The van der Waals surface area contributed by atoms with Gasteiger partial charge in [0.2, 0.25) is 0 Å². The van der Waals surface area contributed by atoms with E-state index in [2.05, 4.69) is 31.9 Å². The van der Waals surface area contributed by atoms with Crippen LogP contribution in [0.1, 0.15) is 30.4 Å². The van der Waals surface area contributed by atoms with E-state index >= 15 is 0 Å². The van der Waals surface area contributed by atoms with Crippen molar-refractivity contribution in [3.63, 3.8) is 0 Å². The van der Waals surface area contributed by atoms with Gasteiger partial charge in [-0.05, 0) is 55.5 Å². The Kier molecular flexibility index (Phi) is 4.82. The highest BCUT2D eigenvalue weighted by Crippen LogP contribution is 2.21. The third kappa shape index (κ3) is 3.82. The molecule has 1 N–H and O–H groups in total. The van der Waals surface area contributed by atoms with Gasteiger partial charge in [0.15, 0.2) is 0 Å². The number of sulfonamides is 1. The molecule has 0 heterocycles. The summed E-state index contributed by atoms with van der Waals surface area (Å²) in [6, 6.07) is 14.6. The van der Waals surface area contributed by atoms with Crippen molar-refractivity contribution in [1.29, 1.82) is 0 Å². The molecule has 0 radical (unpaired) electrons. The standard InChI is InChI=1S/C17H17BrN2O2S/c18-14-9-11-15(12-10-14)23(21,22)20-19-17-8-4-2-6-13-5-1-3-7-16(13)17/h1,3,5,7,9-12,20H,2,4,6,8H2. The molecule has 0 unspecified atom stereocenters. The largest absolute Gasteiger partial charge is 0.276 e. The van der Waals surface area contributed by atoms with Crippen molar-refractivity contribution in [3.8, 4) is 0 Å². The summed E-state index contributed by atoms with van der Waals surface area (Å²) in [6.45, 7) is 0. The molecule has 2 aromatic rings. The molecule has 2 aromatic carbocycles. The molecule has 4 nitrogen and oxygen atoms in total. The fourth-order valence-electron chi connectivity index (χ4n) is 2.66. The van der Waals surface area contributed by atoms with Crippen molar-refractivity contribution >= 4 is 31.7 Å². The van der Waals surface area contributed by atoms with Crippen LogP contribution in [-0.2, 0) is 16.4 Å². The minimum absolute atomic E-state index is 0.201. The number of fused-ring (bicyclic) bond motifs is 1. The highest BCUT2D eigenvalue weighted by atomic mass is 79.9. The quantitative estimate of drug-likeness (QED) is 0.636.